The molecule has 3 aromatic carbocycles. The molecule has 1 unspecified atom stereocenters. The lowest BCUT2D eigenvalue weighted by Crippen LogP contribution is -2.47. The number of hydrogen-bond donors (Lipinski definition) is 0. The second-order valence-electron chi connectivity index (χ2n) is 9.72. The third-order valence-corrected chi connectivity index (χ3v) is 7.33. The minimum absolute atomic E-state index is 0.121. The standard InChI is InChI=1S/C31H38N2O2/c1-4-35-30(34)31(3,27-14-6-5-7-15-27)18-11-19-32-20-22-33(23-21-32)28-16-10-13-26(24-28)29-17-9-8-12-25(29)2/h5-10,12-17,24H,4,11,18-23H2,1-3H3. The van der Waals surface area contributed by atoms with Crippen LogP contribution in [0.5, 0.6) is 0 Å². The number of aryl methyl sites for hydroxylation is 1. The van der Waals surface area contributed by atoms with Gasteiger partial charge in [0.1, 0.15) is 0 Å². The predicted octanol–water partition coefficient (Wildman–Crippen LogP) is 6.09. The highest BCUT2D eigenvalue weighted by molar-refractivity contribution is 5.82. The highest BCUT2D eigenvalue weighted by Gasteiger charge is 2.36. The first-order valence-corrected chi connectivity index (χ1v) is 12.9. The first-order valence-electron chi connectivity index (χ1n) is 12.9. The molecule has 3 aromatic rings. The Labute approximate surface area is 210 Å². The van der Waals surface area contributed by atoms with Gasteiger partial charge in [0.25, 0.3) is 0 Å². The largest absolute Gasteiger partial charge is 0.465 e. The molecular formula is C31H38N2O2. The first kappa shape index (κ1) is 25.0. The number of rotatable bonds is 9. The van der Waals surface area contributed by atoms with Crippen LogP contribution in [0.1, 0.15) is 37.8 Å². The van der Waals surface area contributed by atoms with Crippen LogP contribution >= 0.6 is 0 Å². The molecule has 1 aliphatic rings. The molecule has 1 heterocycles. The molecule has 35 heavy (non-hydrogen) atoms. The van der Waals surface area contributed by atoms with Crippen molar-refractivity contribution in [1.29, 1.82) is 0 Å². The summed E-state index contributed by atoms with van der Waals surface area (Å²) in [6.45, 7) is 11.6. The molecule has 0 N–H and O–H groups in total. The highest BCUT2D eigenvalue weighted by Crippen LogP contribution is 2.31. The molecule has 0 radical (unpaired) electrons. The lowest BCUT2D eigenvalue weighted by molar-refractivity contribution is -0.149. The van der Waals surface area contributed by atoms with Gasteiger partial charge in [-0.25, -0.2) is 0 Å². The van der Waals surface area contributed by atoms with Gasteiger partial charge < -0.3 is 9.64 Å². The summed E-state index contributed by atoms with van der Waals surface area (Å²) >= 11 is 0. The maximum atomic E-state index is 12.9. The van der Waals surface area contributed by atoms with Gasteiger partial charge in [-0.3, -0.25) is 9.69 Å². The van der Waals surface area contributed by atoms with E-state index in [1.54, 1.807) is 0 Å². The molecule has 1 aliphatic heterocycles. The van der Waals surface area contributed by atoms with Crippen molar-refractivity contribution in [3.05, 3.63) is 90.0 Å². The molecule has 184 valence electrons. The summed E-state index contributed by atoms with van der Waals surface area (Å²) in [6.07, 6.45) is 1.75. The Morgan fingerprint density at radius 2 is 1.63 bits per heavy atom. The molecule has 0 aliphatic carbocycles. The number of esters is 1. The van der Waals surface area contributed by atoms with Crippen LogP contribution in [0.25, 0.3) is 11.1 Å². The fraction of sp³-hybridized carbons (Fsp3) is 0.387. The number of carbonyl (C=O) groups excluding carboxylic acids is 1. The van der Waals surface area contributed by atoms with Gasteiger partial charge >= 0.3 is 5.97 Å². The van der Waals surface area contributed by atoms with Gasteiger partial charge in [-0.1, -0.05) is 66.7 Å². The topological polar surface area (TPSA) is 32.8 Å². The Kier molecular flexibility index (Phi) is 8.25. The monoisotopic (exact) mass is 470 g/mol. The fourth-order valence-corrected chi connectivity index (χ4v) is 5.11. The Morgan fingerprint density at radius 3 is 2.34 bits per heavy atom. The maximum absolute atomic E-state index is 12.9. The molecule has 1 saturated heterocycles. The number of piperazine rings is 1. The molecule has 4 rings (SSSR count). The third-order valence-electron chi connectivity index (χ3n) is 7.33. The zero-order valence-electron chi connectivity index (χ0n) is 21.4. The quantitative estimate of drug-likeness (QED) is 0.355. The van der Waals surface area contributed by atoms with Gasteiger partial charge in [-0.2, -0.15) is 0 Å². The maximum Gasteiger partial charge on any atom is 0.316 e. The van der Waals surface area contributed by atoms with Crippen LogP contribution in [0.3, 0.4) is 0 Å². The number of anilines is 1. The van der Waals surface area contributed by atoms with E-state index in [1.807, 2.05) is 44.2 Å². The van der Waals surface area contributed by atoms with E-state index >= 15 is 0 Å². The van der Waals surface area contributed by atoms with Crippen LogP contribution in [-0.4, -0.2) is 50.2 Å². The zero-order chi connectivity index (χ0) is 24.7. The van der Waals surface area contributed by atoms with E-state index in [-0.39, 0.29) is 5.97 Å². The Morgan fingerprint density at radius 1 is 0.914 bits per heavy atom. The highest BCUT2D eigenvalue weighted by atomic mass is 16.5. The smallest absolute Gasteiger partial charge is 0.316 e. The molecule has 0 amide bonds. The third kappa shape index (κ3) is 5.94. The van der Waals surface area contributed by atoms with E-state index in [4.69, 9.17) is 4.74 Å². The van der Waals surface area contributed by atoms with Crippen LogP contribution in [0.2, 0.25) is 0 Å². The predicted molar refractivity (Wildman–Crippen MR) is 145 cm³/mol. The van der Waals surface area contributed by atoms with Gasteiger partial charge in [-0.15, -0.1) is 0 Å². The van der Waals surface area contributed by atoms with Crippen LogP contribution in [-0.2, 0) is 14.9 Å². The van der Waals surface area contributed by atoms with E-state index in [1.165, 1.54) is 22.4 Å². The van der Waals surface area contributed by atoms with E-state index in [9.17, 15) is 4.79 Å². The van der Waals surface area contributed by atoms with E-state index < -0.39 is 5.41 Å². The normalized spacial score (nSPS) is 16.0. The van der Waals surface area contributed by atoms with Crippen LogP contribution in [0, 0.1) is 6.92 Å². The van der Waals surface area contributed by atoms with Crippen molar-refractivity contribution in [2.45, 2.75) is 39.0 Å². The minimum atomic E-state index is -0.602. The SMILES string of the molecule is CCOC(=O)C(C)(CCCN1CCN(c2cccc(-c3ccccc3C)c2)CC1)c1ccccc1. The van der Waals surface area contributed by atoms with Crippen molar-refractivity contribution in [3.8, 4) is 11.1 Å². The molecule has 0 spiro atoms. The zero-order valence-corrected chi connectivity index (χ0v) is 21.4. The number of nitrogens with zero attached hydrogens (tertiary/aromatic N) is 2. The summed E-state index contributed by atoms with van der Waals surface area (Å²) in [5, 5.41) is 0. The second kappa shape index (κ2) is 11.5. The van der Waals surface area contributed by atoms with Gasteiger partial charge in [0.2, 0.25) is 0 Å². The Bertz CT molecular complexity index is 1110. The summed E-state index contributed by atoms with van der Waals surface area (Å²) in [7, 11) is 0. The van der Waals surface area contributed by atoms with E-state index in [2.05, 4.69) is 65.3 Å². The molecule has 0 aromatic heterocycles. The molecule has 4 nitrogen and oxygen atoms in total. The van der Waals surface area contributed by atoms with Crippen LogP contribution < -0.4 is 4.90 Å². The van der Waals surface area contributed by atoms with E-state index in [0.29, 0.717) is 6.61 Å². The van der Waals surface area contributed by atoms with Gasteiger partial charge in [0.05, 0.1) is 12.0 Å². The van der Waals surface area contributed by atoms with Gasteiger partial charge in [0.15, 0.2) is 0 Å². The van der Waals surface area contributed by atoms with Crippen molar-refractivity contribution >= 4 is 11.7 Å². The van der Waals surface area contributed by atoms with Crippen LogP contribution in [0.4, 0.5) is 5.69 Å². The molecule has 0 bridgehead atoms. The number of ether oxygens (including phenoxy) is 1. The fourth-order valence-electron chi connectivity index (χ4n) is 5.11. The first-order chi connectivity index (χ1) is 17.0. The Hall–Kier alpha value is -3.11. The Balaban J connectivity index is 1.33. The molecule has 4 heteroatoms. The van der Waals surface area contributed by atoms with Crippen molar-refractivity contribution in [1.82, 2.24) is 4.90 Å². The number of hydrogen-bond acceptors (Lipinski definition) is 4. The van der Waals surface area contributed by atoms with Gasteiger partial charge in [-0.05, 0) is 74.5 Å². The number of carbonyl (C=O) groups is 1. The average molecular weight is 471 g/mol. The molecular weight excluding hydrogens is 432 g/mol. The lowest BCUT2D eigenvalue weighted by atomic mass is 9.78. The summed E-state index contributed by atoms with van der Waals surface area (Å²) in [6, 6.07) is 27.6. The lowest BCUT2D eigenvalue weighted by Gasteiger charge is -2.37. The molecule has 0 saturated carbocycles. The summed E-state index contributed by atoms with van der Waals surface area (Å²) in [5.74, 6) is -0.121. The van der Waals surface area contributed by atoms with Gasteiger partial charge in [0, 0.05) is 31.9 Å². The van der Waals surface area contributed by atoms with Crippen molar-refractivity contribution < 1.29 is 9.53 Å². The minimum Gasteiger partial charge on any atom is -0.465 e. The molecule has 1 fully saturated rings. The summed E-state index contributed by atoms with van der Waals surface area (Å²) in [5.41, 5.74) is 5.62. The van der Waals surface area contributed by atoms with Crippen molar-refractivity contribution in [3.63, 3.8) is 0 Å². The number of benzene rings is 3. The summed E-state index contributed by atoms with van der Waals surface area (Å²) < 4.78 is 5.46. The van der Waals surface area contributed by atoms with Crippen molar-refractivity contribution in [2.24, 2.45) is 0 Å². The summed E-state index contributed by atoms with van der Waals surface area (Å²) in [4.78, 5) is 17.9. The van der Waals surface area contributed by atoms with Crippen LogP contribution in [0.15, 0.2) is 78.9 Å². The van der Waals surface area contributed by atoms with E-state index in [0.717, 1.165) is 51.1 Å². The average Bonchev–Trinajstić information content (AvgIpc) is 2.90. The second-order valence-corrected chi connectivity index (χ2v) is 9.72. The van der Waals surface area contributed by atoms with Crippen molar-refractivity contribution in [2.75, 3.05) is 44.2 Å². The molecule has 1 atom stereocenters.